The van der Waals surface area contributed by atoms with Gasteiger partial charge in [-0.25, -0.2) is 0 Å². The Labute approximate surface area is 179 Å². The van der Waals surface area contributed by atoms with Crippen LogP contribution in [0.3, 0.4) is 0 Å². The summed E-state index contributed by atoms with van der Waals surface area (Å²) in [6, 6.07) is 12.0. The van der Waals surface area contributed by atoms with Gasteiger partial charge < -0.3 is 9.84 Å². The largest absolute Gasteiger partial charge is 0.507 e. The summed E-state index contributed by atoms with van der Waals surface area (Å²) in [5, 5.41) is 10.5. The predicted octanol–water partition coefficient (Wildman–Crippen LogP) is 5.68. The summed E-state index contributed by atoms with van der Waals surface area (Å²) in [6.07, 6.45) is 5.35. The highest BCUT2D eigenvalue weighted by molar-refractivity contribution is 6.15. The Morgan fingerprint density at radius 1 is 1.13 bits per heavy atom. The van der Waals surface area contributed by atoms with Crippen molar-refractivity contribution < 1.29 is 14.6 Å². The van der Waals surface area contributed by atoms with E-state index in [1.54, 1.807) is 18.2 Å². The highest BCUT2D eigenvalue weighted by Gasteiger charge is 2.32. The van der Waals surface area contributed by atoms with Gasteiger partial charge in [0.05, 0.1) is 11.1 Å². The van der Waals surface area contributed by atoms with E-state index < -0.39 is 0 Å². The number of carbonyl (C=O) groups is 1. The maximum absolute atomic E-state index is 13.0. The second-order valence-corrected chi connectivity index (χ2v) is 9.57. The van der Waals surface area contributed by atoms with E-state index in [0.29, 0.717) is 35.2 Å². The van der Waals surface area contributed by atoms with Crippen molar-refractivity contribution in [2.24, 2.45) is 0 Å². The molecule has 2 aliphatic heterocycles. The molecule has 2 heterocycles. The molecule has 2 aromatic carbocycles. The van der Waals surface area contributed by atoms with Crippen LogP contribution < -0.4 is 4.74 Å². The van der Waals surface area contributed by atoms with Crippen molar-refractivity contribution in [3.8, 4) is 11.5 Å². The van der Waals surface area contributed by atoms with Crippen LogP contribution in [0.15, 0.2) is 42.2 Å². The quantitative estimate of drug-likeness (QED) is 0.668. The van der Waals surface area contributed by atoms with Gasteiger partial charge in [0.1, 0.15) is 11.5 Å². The number of hydrogen-bond donors (Lipinski definition) is 1. The summed E-state index contributed by atoms with van der Waals surface area (Å²) in [7, 11) is 0. The van der Waals surface area contributed by atoms with Gasteiger partial charge in [-0.2, -0.15) is 0 Å². The van der Waals surface area contributed by atoms with E-state index in [2.05, 4.69) is 44.7 Å². The standard InChI is InChI=1S/C26H31NO3/c1-17-7-5-6-14-27(17)16-21-22(28)13-12-20-24(29)23(30-25(20)21)15-18-8-10-19(11-9-18)26(2,3)4/h8-13,15,17,28H,5-7,14,16H2,1-4H3/b23-15-. The Kier molecular flexibility index (Phi) is 5.46. The molecule has 4 nitrogen and oxygen atoms in total. The number of carbonyl (C=O) groups excluding carboxylic acids is 1. The van der Waals surface area contributed by atoms with Gasteiger partial charge in [-0.15, -0.1) is 0 Å². The fourth-order valence-corrected chi connectivity index (χ4v) is 4.28. The smallest absolute Gasteiger partial charge is 0.231 e. The Bertz CT molecular complexity index is 983. The Morgan fingerprint density at radius 3 is 2.53 bits per heavy atom. The van der Waals surface area contributed by atoms with Crippen LogP contribution in [-0.2, 0) is 12.0 Å². The zero-order chi connectivity index (χ0) is 21.5. The van der Waals surface area contributed by atoms with Crippen LogP contribution in [0.5, 0.6) is 11.5 Å². The first-order chi connectivity index (χ1) is 14.2. The molecule has 158 valence electrons. The molecule has 2 aliphatic rings. The van der Waals surface area contributed by atoms with Gasteiger partial charge in [-0.05, 0) is 61.1 Å². The third kappa shape index (κ3) is 4.01. The van der Waals surface area contributed by atoms with E-state index in [1.165, 1.54) is 12.0 Å². The van der Waals surface area contributed by atoms with Crippen LogP contribution in [0.1, 0.15) is 74.0 Å². The maximum atomic E-state index is 13.0. The number of phenolic OH excluding ortho intramolecular Hbond substituents is 1. The number of rotatable bonds is 3. The molecule has 0 saturated carbocycles. The van der Waals surface area contributed by atoms with Crippen LogP contribution in [0.4, 0.5) is 0 Å². The Morgan fingerprint density at radius 2 is 1.87 bits per heavy atom. The summed E-state index contributed by atoms with van der Waals surface area (Å²) in [6.45, 7) is 10.4. The number of aromatic hydroxyl groups is 1. The van der Waals surface area contributed by atoms with Gasteiger partial charge in [0.2, 0.25) is 5.78 Å². The summed E-state index contributed by atoms with van der Waals surface area (Å²) < 4.78 is 6.03. The first kappa shape index (κ1) is 20.7. The zero-order valence-electron chi connectivity index (χ0n) is 18.4. The SMILES string of the molecule is CC1CCCCN1Cc1c(O)ccc2c1O/C(=C\c1ccc(C(C)(C)C)cc1)C2=O. The van der Waals surface area contributed by atoms with Crippen LogP contribution >= 0.6 is 0 Å². The number of ether oxygens (including phenoxy) is 1. The lowest BCUT2D eigenvalue weighted by atomic mass is 9.86. The number of Topliss-reactive ketones (excluding diaryl/α,β-unsaturated/α-hetero) is 1. The Hall–Kier alpha value is -2.59. The van der Waals surface area contributed by atoms with Crippen LogP contribution in [0, 0.1) is 0 Å². The van der Waals surface area contributed by atoms with E-state index in [9.17, 15) is 9.90 Å². The molecule has 0 spiro atoms. The lowest BCUT2D eigenvalue weighted by molar-refractivity contribution is 0.101. The molecular weight excluding hydrogens is 374 g/mol. The molecule has 1 fully saturated rings. The second-order valence-electron chi connectivity index (χ2n) is 9.57. The first-order valence-electron chi connectivity index (χ1n) is 10.9. The molecule has 4 heteroatoms. The molecule has 0 bridgehead atoms. The second kappa shape index (κ2) is 7.92. The van der Waals surface area contributed by atoms with Gasteiger partial charge in [-0.3, -0.25) is 9.69 Å². The molecule has 0 radical (unpaired) electrons. The minimum atomic E-state index is -0.127. The normalized spacial score (nSPS) is 21.0. The number of likely N-dealkylation sites (tertiary alicyclic amines) is 1. The van der Waals surface area contributed by atoms with E-state index in [4.69, 9.17) is 4.74 Å². The molecule has 0 aromatic heterocycles. The number of fused-ring (bicyclic) bond motifs is 1. The molecule has 2 aromatic rings. The van der Waals surface area contributed by atoms with Crippen molar-refractivity contribution in [1.82, 2.24) is 4.90 Å². The summed E-state index contributed by atoms with van der Waals surface area (Å²) in [5.41, 5.74) is 3.50. The molecule has 1 atom stereocenters. The van der Waals surface area contributed by atoms with E-state index in [0.717, 1.165) is 24.9 Å². The summed E-state index contributed by atoms with van der Waals surface area (Å²) >= 11 is 0. The number of phenols is 1. The third-order valence-electron chi connectivity index (χ3n) is 6.29. The lowest BCUT2D eigenvalue weighted by Gasteiger charge is -2.33. The number of allylic oxidation sites excluding steroid dienone is 1. The number of piperidine rings is 1. The fraction of sp³-hybridized carbons (Fsp3) is 0.423. The van der Waals surface area contributed by atoms with Crippen LogP contribution in [-0.4, -0.2) is 28.4 Å². The molecule has 1 N–H and O–H groups in total. The third-order valence-corrected chi connectivity index (χ3v) is 6.29. The molecule has 30 heavy (non-hydrogen) atoms. The lowest BCUT2D eigenvalue weighted by Crippen LogP contribution is -2.36. The molecular formula is C26H31NO3. The highest BCUT2D eigenvalue weighted by atomic mass is 16.5. The molecule has 4 rings (SSSR count). The molecule has 0 aliphatic carbocycles. The van der Waals surface area contributed by atoms with Crippen molar-refractivity contribution in [3.05, 3.63) is 64.4 Å². The fourth-order valence-electron chi connectivity index (χ4n) is 4.28. The van der Waals surface area contributed by atoms with Crippen molar-refractivity contribution in [3.63, 3.8) is 0 Å². The van der Waals surface area contributed by atoms with E-state index in [-0.39, 0.29) is 16.9 Å². The predicted molar refractivity (Wildman–Crippen MR) is 120 cm³/mol. The van der Waals surface area contributed by atoms with Gasteiger partial charge in [0.15, 0.2) is 5.76 Å². The first-order valence-corrected chi connectivity index (χ1v) is 10.9. The van der Waals surface area contributed by atoms with E-state index >= 15 is 0 Å². The zero-order valence-corrected chi connectivity index (χ0v) is 18.4. The summed E-state index contributed by atoms with van der Waals surface area (Å²) in [5.74, 6) is 0.885. The topological polar surface area (TPSA) is 49.8 Å². The average molecular weight is 406 g/mol. The van der Waals surface area contributed by atoms with Crippen molar-refractivity contribution in [2.45, 2.75) is 65.0 Å². The number of ketones is 1. The minimum absolute atomic E-state index is 0.0829. The van der Waals surface area contributed by atoms with Gasteiger partial charge in [0, 0.05) is 12.6 Å². The van der Waals surface area contributed by atoms with E-state index in [1.807, 2.05) is 12.1 Å². The number of nitrogens with zero attached hydrogens (tertiary/aromatic N) is 1. The van der Waals surface area contributed by atoms with Crippen molar-refractivity contribution in [1.29, 1.82) is 0 Å². The van der Waals surface area contributed by atoms with Crippen LogP contribution in [0.25, 0.3) is 6.08 Å². The van der Waals surface area contributed by atoms with Crippen molar-refractivity contribution >= 4 is 11.9 Å². The Balaban J connectivity index is 1.61. The molecule has 1 unspecified atom stereocenters. The van der Waals surface area contributed by atoms with Crippen LogP contribution in [0.2, 0.25) is 0 Å². The summed E-state index contributed by atoms with van der Waals surface area (Å²) in [4.78, 5) is 15.3. The van der Waals surface area contributed by atoms with Gasteiger partial charge in [-0.1, -0.05) is 51.5 Å². The van der Waals surface area contributed by atoms with Crippen molar-refractivity contribution in [2.75, 3.05) is 6.54 Å². The molecule has 0 amide bonds. The molecule has 1 saturated heterocycles. The maximum Gasteiger partial charge on any atom is 0.231 e. The number of benzene rings is 2. The van der Waals surface area contributed by atoms with Gasteiger partial charge in [0.25, 0.3) is 0 Å². The van der Waals surface area contributed by atoms with Gasteiger partial charge >= 0.3 is 0 Å². The average Bonchev–Trinajstić information content (AvgIpc) is 3.01. The number of hydrogen-bond acceptors (Lipinski definition) is 4. The highest BCUT2D eigenvalue weighted by Crippen LogP contribution is 2.40. The minimum Gasteiger partial charge on any atom is -0.507 e. The monoisotopic (exact) mass is 405 g/mol.